The van der Waals surface area contributed by atoms with Gasteiger partial charge in [-0.15, -0.1) is 0 Å². The van der Waals surface area contributed by atoms with E-state index < -0.39 is 0 Å². The molecule has 0 radical (unpaired) electrons. The van der Waals surface area contributed by atoms with E-state index in [0.29, 0.717) is 4.99 Å². The van der Waals surface area contributed by atoms with Crippen LogP contribution >= 0.6 is 24.0 Å². The molecule has 1 aromatic rings. The number of thioether (sulfide) groups is 1. The molecule has 1 heterocycles. The molecule has 1 aliphatic rings. The minimum atomic E-state index is 0.482. The number of rotatable bonds is 3. The molecule has 0 atom stereocenters. The molecule has 0 unspecified atom stereocenters. The van der Waals surface area contributed by atoms with Crippen LogP contribution < -0.4 is 5.73 Å². The molecule has 4 heteroatoms. The fourth-order valence-corrected chi connectivity index (χ4v) is 2.95. The second-order valence-corrected chi connectivity index (χ2v) is 5.62. The number of hydrogen-bond donors (Lipinski definition) is 1. The second-order valence-electron chi connectivity index (χ2n) is 3.95. The highest BCUT2D eigenvalue weighted by molar-refractivity contribution is 7.99. The number of nitrogens with two attached hydrogens (primary N) is 1. The zero-order valence-electron chi connectivity index (χ0n) is 9.19. The van der Waals surface area contributed by atoms with E-state index in [2.05, 4.69) is 17.0 Å². The molecule has 2 rings (SSSR count). The fraction of sp³-hybridized carbons (Fsp3) is 0.417. The van der Waals surface area contributed by atoms with Crippen LogP contribution in [0.1, 0.15) is 11.1 Å². The van der Waals surface area contributed by atoms with Gasteiger partial charge in [0.25, 0.3) is 0 Å². The maximum absolute atomic E-state index is 5.63. The van der Waals surface area contributed by atoms with Crippen LogP contribution in [0.15, 0.2) is 24.3 Å². The van der Waals surface area contributed by atoms with Crippen LogP contribution in [0.2, 0.25) is 0 Å². The lowest BCUT2D eigenvalue weighted by Crippen LogP contribution is -2.32. The maximum Gasteiger partial charge on any atom is 0.103 e. The van der Waals surface area contributed by atoms with Gasteiger partial charge in [-0.25, -0.2) is 0 Å². The summed E-state index contributed by atoms with van der Waals surface area (Å²) in [5.74, 6) is 2.49. The third-order valence-electron chi connectivity index (χ3n) is 2.72. The molecule has 0 amide bonds. The molecule has 1 aromatic carbocycles. The molecule has 16 heavy (non-hydrogen) atoms. The Kier molecular flexibility index (Phi) is 4.21. The Bertz CT molecular complexity index is 373. The van der Waals surface area contributed by atoms with Crippen LogP contribution in [0.5, 0.6) is 0 Å². The van der Waals surface area contributed by atoms with E-state index in [9.17, 15) is 0 Å². The van der Waals surface area contributed by atoms with E-state index >= 15 is 0 Å². The van der Waals surface area contributed by atoms with Crippen molar-refractivity contribution >= 4 is 29.0 Å². The molecule has 0 spiro atoms. The monoisotopic (exact) mass is 252 g/mol. The Morgan fingerprint density at radius 1 is 1.38 bits per heavy atom. The van der Waals surface area contributed by atoms with Crippen molar-refractivity contribution in [3.63, 3.8) is 0 Å². The van der Waals surface area contributed by atoms with Crippen LogP contribution in [0.3, 0.4) is 0 Å². The van der Waals surface area contributed by atoms with Crippen molar-refractivity contribution < 1.29 is 0 Å². The van der Waals surface area contributed by atoms with Gasteiger partial charge in [0.05, 0.1) is 0 Å². The van der Waals surface area contributed by atoms with Gasteiger partial charge in [-0.2, -0.15) is 11.8 Å². The van der Waals surface area contributed by atoms with Gasteiger partial charge in [-0.1, -0.05) is 30.4 Å². The first-order chi connectivity index (χ1) is 7.75. The highest BCUT2D eigenvalue weighted by atomic mass is 32.2. The Morgan fingerprint density at radius 2 is 2.12 bits per heavy atom. The molecule has 86 valence electrons. The minimum absolute atomic E-state index is 0.482. The van der Waals surface area contributed by atoms with Gasteiger partial charge >= 0.3 is 0 Å². The van der Waals surface area contributed by atoms with Gasteiger partial charge in [-0.3, -0.25) is 4.90 Å². The summed E-state index contributed by atoms with van der Waals surface area (Å²) in [5, 5.41) is 0. The first-order valence-electron chi connectivity index (χ1n) is 5.44. The second kappa shape index (κ2) is 5.66. The lowest BCUT2D eigenvalue weighted by atomic mass is 10.1. The lowest BCUT2D eigenvalue weighted by Gasteiger charge is -2.26. The van der Waals surface area contributed by atoms with E-state index in [1.807, 2.05) is 23.9 Å². The molecule has 0 bridgehead atoms. The van der Waals surface area contributed by atoms with Crippen LogP contribution in [0.25, 0.3) is 0 Å². The summed E-state index contributed by atoms with van der Waals surface area (Å²) in [5.41, 5.74) is 7.90. The molecule has 0 aromatic heterocycles. The minimum Gasteiger partial charge on any atom is -0.389 e. The van der Waals surface area contributed by atoms with Crippen LogP contribution in [0, 0.1) is 0 Å². The van der Waals surface area contributed by atoms with Crippen molar-refractivity contribution in [1.29, 1.82) is 0 Å². The fourth-order valence-electron chi connectivity index (χ4n) is 1.84. The highest BCUT2D eigenvalue weighted by Gasteiger charge is 2.10. The summed E-state index contributed by atoms with van der Waals surface area (Å²) in [6.07, 6.45) is 0. The molecule has 2 nitrogen and oxygen atoms in total. The molecular weight excluding hydrogens is 236 g/mol. The molecule has 0 aliphatic carbocycles. The van der Waals surface area contributed by atoms with Crippen molar-refractivity contribution in [2.75, 3.05) is 24.6 Å². The van der Waals surface area contributed by atoms with E-state index in [1.54, 1.807) is 0 Å². The summed E-state index contributed by atoms with van der Waals surface area (Å²) in [4.78, 5) is 2.96. The van der Waals surface area contributed by atoms with Crippen molar-refractivity contribution in [3.8, 4) is 0 Å². The van der Waals surface area contributed by atoms with Gasteiger partial charge in [0.15, 0.2) is 0 Å². The number of nitrogens with zero attached hydrogens (tertiary/aromatic N) is 1. The van der Waals surface area contributed by atoms with Crippen molar-refractivity contribution in [1.82, 2.24) is 4.90 Å². The third-order valence-corrected chi connectivity index (χ3v) is 3.90. The summed E-state index contributed by atoms with van der Waals surface area (Å²) in [7, 11) is 0. The Morgan fingerprint density at radius 3 is 2.81 bits per heavy atom. The van der Waals surface area contributed by atoms with Gasteiger partial charge in [0, 0.05) is 36.7 Å². The van der Waals surface area contributed by atoms with Crippen LogP contribution in [0.4, 0.5) is 0 Å². The number of thiocarbonyl (C=S) groups is 1. The third kappa shape index (κ3) is 3.20. The predicted octanol–water partition coefficient (Wildman–Crippen LogP) is 1.87. The largest absolute Gasteiger partial charge is 0.389 e. The van der Waals surface area contributed by atoms with Crippen molar-refractivity contribution in [3.05, 3.63) is 35.4 Å². The standard InChI is InChI=1S/C12H16N2S2/c13-12(15)11-3-1-2-10(8-11)9-14-4-6-16-7-5-14/h1-3,8H,4-7,9H2,(H2,13,15). The van der Waals surface area contributed by atoms with Gasteiger partial charge in [0.2, 0.25) is 0 Å². The zero-order chi connectivity index (χ0) is 11.4. The first-order valence-corrected chi connectivity index (χ1v) is 7.01. The quantitative estimate of drug-likeness (QED) is 0.832. The van der Waals surface area contributed by atoms with Crippen LogP contribution in [-0.4, -0.2) is 34.5 Å². The SMILES string of the molecule is NC(=S)c1cccc(CN2CCSCC2)c1. The summed E-state index contributed by atoms with van der Waals surface area (Å²) < 4.78 is 0. The summed E-state index contributed by atoms with van der Waals surface area (Å²) in [6.45, 7) is 3.38. The molecule has 1 fully saturated rings. The number of hydrogen-bond acceptors (Lipinski definition) is 3. The average Bonchev–Trinajstić information content (AvgIpc) is 2.30. The van der Waals surface area contributed by atoms with E-state index in [4.69, 9.17) is 18.0 Å². The smallest absolute Gasteiger partial charge is 0.103 e. The topological polar surface area (TPSA) is 29.3 Å². The Balaban J connectivity index is 2.02. The maximum atomic E-state index is 5.63. The lowest BCUT2D eigenvalue weighted by molar-refractivity contribution is 0.294. The highest BCUT2D eigenvalue weighted by Crippen LogP contribution is 2.13. The Hall–Kier alpha value is -0.580. The average molecular weight is 252 g/mol. The molecule has 2 N–H and O–H groups in total. The normalized spacial score (nSPS) is 17.2. The summed E-state index contributed by atoms with van der Waals surface area (Å²) in [6, 6.07) is 8.24. The van der Waals surface area contributed by atoms with Crippen molar-refractivity contribution in [2.45, 2.75) is 6.54 Å². The van der Waals surface area contributed by atoms with Gasteiger partial charge in [0.1, 0.15) is 4.99 Å². The summed E-state index contributed by atoms with van der Waals surface area (Å²) >= 11 is 7.02. The number of benzene rings is 1. The van der Waals surface area contributed by atoms with Crippen molar-refractivity contribution in [2.24, 2.45) is 5.73 Å². The zero-order valence-corrected chi connectivity index (χ0v) is 10.8. The molecular formula is C12H16N2S2. The first kappa shape index (κ1) is 11.9. The molecule has 1 saturated heterocycles. The van der Waals surface area contributed by atoms with E-state index in [0.717, 1.165) is 12.1 Å². The van der Waals surface area contributed by atoms with E-state index in [-0.39, 0.29) is 0 Å². The van der Waals surface area contributed by atoms with Gasteiger partial charge < -0.3 is 5.73 Å². The predicted molar refractivity (Wildman–Crippen MR) is 74.9 cm³/mol. The Labute approximate surface area is 106 Å². The van der Waals surface area contributed by atoms with Gasteiger partial charge in [-0.05, 0) is 11.6 Å². The van der Waals surface area contributed by atoms with E-state index in [1.165, 1.54) is 30.2 Å². The molecule has 1 aliphatic heterocycles. The molecule has 0 saturated carbocycles. The van der Waals surface area contributed by atoms with Crippen LogP contribution in [-0.2, 0) is 6.54 Å².